The Morgan fingerprint density at radius 2 is 1.94 bits per heavy atom. The van der Waals surface area contributed by atoms with Crippen molar-refractivity contribution < 1.29 is 5.11 Å². The lowest BCUT2D eigenvalue weighted by atomic mass is 10.2. The van der Waals surface area contributed by atoms with E-state index in [1.807, 2.05) is 29.8 Å². The molecule has 0 spiro atoms. The average Bonchev–Trinajstić information content (AvgIpc) is 2.85. The molecule has 3 nitrogen and oxygen atoms in total. The van der Waals surface area contributed by atoms with Gasteiger partial charge in [0.15, 0.2) is 0 Å². The van der Waals surface area contributed by atoms with Crippen molar-refractivity contribution in [3.8, 4) is 5.75 Å². The number of nitrogens with zero attached hydrogens (tertiary/aromatic N) is 1. The number of aromatic hydroxyl groups is 1. The Labute approximate surface area is 109 Å². The third-order valence-electron chi connectivity index (χ3n) is 2.76. The van der Waals surface area contributed by atoms with E-state index in [9.17, 15) is 5.11 Å². The number of nitrogens with one attached hydrogen (secondary N) is 1. The topological polar surface area (TPSA) is 45.1 Å². The van der Waals surface area contributed by atoms with Crippen molar-refractivity contribution in [2.45, 2.75) is 6.54 Å². The number of rotatable bonds is 3. The number of anilines is 1. The number of phenolic OH excluding ortho intramolecular Hbond substituents is 1. The molecule has 0 radical (unpaired) electrons. The fraction of sp³-hybridized carbons (Fsp3) is 0.0714. The van der Waals surface area contributed by atoms with Gasteiger partial charge in [0.05, 0.1) is 15.7 Å². The normalized spacial score (nSPS) is 10.7. The maximum atomic E-state index is 9.21. The molecule has 18 heavy (non-hydrogen) atoms. The summed E-state index contributed by atoms with van der Waals surface area (Å²) in [5.41, 5.74) is 5.11. The van der Waals surface area contributed by atoms with Crippen LogP contribution in [-0.4, -0.2) is 10.1 Å². The smallest absolute Gasteiger partial charge is 0.115 e. The van der Waals surface area contributed by atoms with E-state index in [1.165, 1.54) is 4.70 Å². The van der Waals surface area contributed by atoms with Crippen molar-refractivity contribution in [2.24, 2.45) is 0 Å². The first-order chi connectivity index (χ1) is 8.81. The molecule has 2 N–H and O–H groups in total. The van der Waals surface area contributed by atoms with E-state index in [4.69, 9.17) is 0 Å². The van der Waals surface area contributed by atoms with E-state index in [0.29, 0.717) is 5.75 Å². The highest BCUT2D eigenvalue weighted by Crippen LogP contribution is 2.22. The van der Waals surface area contributed by atoms with Crippen molar-refractivity contribution >= 4 is 27.2 Å². The summed E-state index contributed by atoms with van der Waals surface area (Å²) < 4.78 is 1.19. The number of hydrogen-bond donors (Lipinski definition) is 2. The molecule has 2 aromatic carbocycles. The summed E-state index contributed by atoms with van der Waals surface area (Å²) in [6.07, 6.45) is 0. The van der Waals surface area contributed by atoms with Crippen molar-refractivity contribution in [1.82, 2.24) is 4.98 Å². The summed E-state index contributed by atoms with van der Waals surface area (Å²) in [7, 11) is 0. The van der Waals surface area contributed by atoms with Gasteiger partial charge in [0.2, 0.25) is 0 Å². The molecule has 0 aliphatic carbocycles. The molecule has 0 unspecified atom stereocenters. The maximum Gasteiger partial charge on any atom is 0.115 e. The molecule has 3 aromatic rings. The third-order valence-corrected chi connectivity index (χ3v) is 3.56. The Bertz CT molecular complexity index is 661. The van der Waals surface area contributed by atoms with Crippen LogP contribution < -0.4 is 5.32 Å². The number of benzene rings is 2. The zero-order valence-electron chi connectivity index (χ0n) is 9.63. The Morgan fingerprint density at radius 1 is 1.11 bits per heavy atom. The Morgan fingerprint density at radius 3 is 2.78 bits per heavy atom. The predicted molar refractivity (Wildman–Crippen MR) is 75.1 cm³/mol. The number of thiazole rings is 1. The molecule has 0 bridgehead atoms. The fourth-order valence-electron chi connectivity index (χ4n) is 1.78. The molecule has 3 rings (SSSR count). The summed E-state index contributed by atoms with van der Waals surface area (Å²) in [6.45, 7) is 0.741. The zero-order valence-corrected chi connectivity index (χ0v) is 10.4. The molecular formula is C14H12N2OS. The van der Waals surface area contributed by atoms with Crippen LogP contribution in [0.5, 0.6) is 5.75 Å². The lowest BCUT2D eigenvalue weighted by Crippen LogP contribution is -1.98. The first kappa shape index (κ1) is 11.0. The zero-order chi connectivity index (χ0) is 12.4. The van der Waals surface area contributed by atoms with Crippen LogP contribution in [0.4, 0.5) is 5.69 Å². The van der Waals surface area contributed by atoms with Gasteiger partial charge in [0.25, 0.3) is 0 Å². The molecule has 4 heteroatoms. The van der Waals surface area contributed by atoms with E-state index in [0.717, 1.165) is 23.3 Å². The maximum absolute atomic E-state index is 9.21. The Kier molecular flexibility index (Phi) is 2.86. The number of aromatic nitrogens is 1. The van der Waals surface area contributed by atoms with Gasteiger partial charge in [0, 0.05) is 12.2 Å². The summed E-state index contributed by atoms with van der Waals surface area (Å²) >= 11 is 1.64. The van der Waals surface area contributed by atoms with Gasteiger partial charge in [-0.15, -0.1) is 11.3 Å². The largest absolute Gasteiger partial charge is 0.508 e. The molecule has 0 fully saturated rings. The fourth-order valence-corrected chi connectivity index (χ4v) is 2.50. The number of phenols is 1. The number of hydrogen-bond acceptors (Lipinski definition) is 4. The summed E-state index contributed by atoms with van der Waals surface area (Å²) in [5, 5.41) is 12.6. The van der Waals surface area contributed by atoms with Crippen LogP contribution in [0.1, 0.15) is 5.56 Å². The average molecular weight is 256 g/mol. The van der Waals surface area contributed by atoms with Crippen LogP contribution in [0.2, 0.25) is 0 Å². The third kappa shape index (κ3) is 2.28. The van der Waals surface area contributed by atoms with Crippen molar-refractivity contribution in [3.05, 3.63) is 53.5 Å². The molecule has 1 aromatic heterocycles. The summed E-state index contributed by atoms with van der Waals surface area (Å²) in [5.74, 6) is 0.296. The van der Waals surface area contributed by atoms with Gasteiger partial charge >= 0.3 is 0 Å². The van der Waals surface area contributed by atoms with Gasteiger partial charge in [0.1, 0.15) is 5.75 Å². The second-order valence-corrected chi connectivity index (χ2v) is 4.94. The van der Waals surface area contributed by atoms with E-state index >= 15 is 0 Å². The Balaban J connectivity index is 1.74. The molecule has 90 valence electrons. The minimum absolute atomic E-state index is 0.296. The molecule has 0 saturated carbocycles. The first-order valence-corrected chi connectivity index (χ1v) is 6.54. The summed E-state index contributed by atoms with van der Waals surface area (Å²) in [4.78, 5) is 4.25. The lowest BCUT2D eigenvalue weighted by molar-refractivity contribution is 0.475. The molecular weight excluding hydrogens is 244 g/mol. The molecule has 0 atom stereocenters. The molecule has 0 aliphatic rings. The van der Waals surface area contributed by atoms with E-state index in [1.54, 1.807) is 23.5 Å². The minimum atomic E-state index is 0.296. The van der Waals surface area contributed by atoms with Crippen LogP contribution in [-0.2, 0) is 6.54 Å². The SMILES string of the molecule is Oc1ccc(CNc2ccc3ncsc3c2)cc1. The van der Waals surface area contributed by atoms with Gasteiger partial charge in [-0.05, 0) is 35.9 Å². The van der Waals surface area contributed by atoms with Gasteiger partial charge < -0.3 is 10.4 Å². The van der Waals surface area contributed by atoms with Crippen molar-refractivity contribution in [3.63, 3.8) is 0 Å². The molecule has 0 aliphatic heterocycles. The second kappa shape index (κ2) is 4.66. The van der Waals surface area contributed by atoms with E-state index < -0.39 is 0 Å². The van der Waals surface area contributed by atoms with Crippen LogP contribution in [0, 0.1) is 0 Å². The molecule has 1 heterocycles. The van der Waals surface area contributed by atoms with Crippen LogP contribution in [0.25, 0.3) is 10.2 Å². The molecule has 0 amide bonds. The number of fused-ring (bicyclic) bond motifs is 1. The van der Waals surface area contributed by atoms with Crippen LogP contribution >= 0.6 is 11.3 Å². The highest BCUT2D eigenvalue weighted by Gasteiger charge is 1.99. The standard InChI is InChI=1S/C14H12N2OS/c17-12-4-1-10(2-5-12)8-15-11-3-6-13-14(7-11)18-9-16-13/h1-7,9,15,17H,8H2. The van der Waals surface area contributed by atoms with E-state index in [2.05, 4.69) is 16.4 Å². The van der Waals surface area contributed by atoms with Crippen molar-refractivity contribution in [2.75, 3.05) is 5.32 Å². The highest BCUT2D eigenvalue weighted by molar-refractivity contribution is 7.16. The monoisotopic (exact) mass is 256 g/mol. The van der Waals surface area contributed by atoms with Gasteiger partial charge in [-0.1, -0.05) is 12.1 Å². The molecule has 0 saturated heterocycles. The van der Waals surface area contributed by atoms with Crippen LogP contribution in [0.15, 0.2) is 48.0 Å². The predicted octanol–water partition coefficient (Wildman–Crippen LogP) is 3.61. The Hall–Kier alpha value is -2.07. The van der Waals surface area contributed by atoms with Crippen LogP contribution in [0.3, 0.4) is 0 Å². The van der Waals surface area contributed by atoms with Gasteiger partial charge in [-0.25, -0.2) is 4.98 Å². The lowest BCUT2D eigenvalue weighted by Gasteiger charge is -2.06. The van der Waals surface area contributed by atoms with E-state index in [-0.39, 0.29) is 0 Å². The second-order valence-electron chi connectivity index (χ2n) is 4.05. The quantitative estimate of drug-likeness (QED) is 0.752. The first-order valence-electron chi connectivity index (χ1n) is 5.66. The summed E-state index contributed by atoms with van der Waals surface area (Å²) in [6, 6.07) is 13.4. The van der Waals surface area contributed by atoms with Crippen molar-refractivity contribution in [1.29, 1.82) is 0 Å². The highest BCUT2D eigenvalue weighted by atomic mass is 32.1. The van der Waals surface area contributed by atoms with Gasteiger partial charge in [-0.2, -0.15) is 0 Å². The van der Waals surface area contributed by atoms with Gasteiger partial charge in [-0.3, -0.25) is 0 Å². The minimum Gasteiger partial charge on any atom is -0.508 e.